The number of carboxylic acid groups (broad SMARTS) is 1. The van der Waals surface area contributed by atoms with Gasteiger partial charge in [0, 0.05) is 6.04 Å². The summed E-state index contributed by atoms with van der Waals surface area (Å²) in [7, 11) is 1.92. The lowest BCUT2D eigenvalue weighted by Gasteiger charge is -2.29. The zero-order valence-electron chi connectivity index (χ0n) is 9.58. The molecule has 0 aromatic heterocycles. The van der Waals surface area contributed by atoms with Gasteiger partial charge >= 0.3 is 5.97 Å². The first-order valence-electron chi connectivity index (χ1n) is 5.28. The van der Waals surface area contributed by atoms with E-state index in [4.69, 9.17) is 5.11 Å². The summed E-state index contributed by atoms with van der Waals surface area (Å²) < 4.78 is 0. The van der Waals surface area contributed by atoms with Gasteiger partial charge in [0.2, 0.25) is 0 Å². The van der Waals surface area contributed by atoms with Gasteiger partial charge in [-0.3, -0.25) is 9.69 Å². The Kier molecular flexibility index (Phi) is 3.20. The Morgan fingerprint density at radius 1 is 1.57 bits per heavy atom. The Morgan fingerprint density at radius 3 is 2.50 bits per heavy atom. The molecule has 3 nitrogen and oxygen atoms in total. The van der Waals surface area contributed by atoms with E-state index in [1.165, 1.54) is 6.42 Å². The van der Waals surface area contributed by atoms with Crippen LogP contribution >= 0.6 is 0 Å². The number of hydrogen-bond acceptors (Lipinski definition) is 2. The highest BCUT2D eigenvalue weighted by atomic mass is 16.4. The average Bonchev–Trinajstić information content (AvgIpc) is 2.43. The van der Waals surface area contributed by atoms with E-state index in [2.05, 4.69) is 13.8 Å². The van der Waals surface area contributed by atoms with E-state index in [1.807, 2.05) is 11.9 Å². The highest BCUT2D eigenvalue weighted by Crippen LogP contribution is 2.39. The van der Waals surface area contributed by atoms with E-state index in [9.17, 15) is 4.79 Å². The predicted octanol–water partition coefficient (Wildman–Crippen LogP) is 1.97. The van der Waals surface area contributed by atoms with Gasteiger partial charge < -0.3 is 5.11 Å². The summed E-state index contributed by atoms with van der Waals surface area (Å²) in [4.78, 5) is 12.8. The quantitative estimate of drug-likeness (QED) is 0.755. The molecule has 0 amide bonds. The molecule has 0 saturated heterocycles. The third-order valence-corrected chi connectivity index (χ3v) is 3.49. The predicted molar refractivity (Wildman–Crippen MR) is 56.3 cm³/mol. The smallest absolute Gasteiger partial charge is 0.320 e. The number of nitrogens with zero attached hydrogens (tertiary/aromatic N) is 1. The van der Waals surface area contributed by atoms with Crippen LogP contribution in [0.1, 0.15) is 40.0 Å². The van der Waals surface area contributed by atoms with Crippen LogP contribution in [-0.2, 0) is 4.79 Å². The van der Waals surface area contributed by atoms with E-state index in [0.29, 0.717) is 11.5 Å². The zero-order chi connectivity index (χ0) is 10.9. The van der Waals surface area contributed by atoms with Gasteiger partial charge in [-0.1, -0.05) is 13.8 Å². The van der Waals surface area contributed by atoms with E-state index in [1.54, 1.807) is 6.92 Å². The van der Waals surface area contributed by atoms with Crippen LogP contribution in [0.5, 0.6) is 0 Å². The number of rotatable bonds is 3. The molecule has 0 bridgehead atoms. The van der Waals surface area contributed by atoms with Crippen molar-refractivity contribution in [1.82, 2.24) is 4.90 Å². The maximum absolute atomic E-state index is 10.8. The minimum Gasteiger partial charge on any atom is -0.480 e. The lowest BCUT2D eigenvalue weighted by atomic mass is 9.91. The normalized spacial score (nSPS) is 27.9. The van der Waals surface area contributed by atoms with Crippen molar-refractivity contribution < 1.29 is 9.90 Å². The van der Waals surface area contributed by atoms with Gasteiger partial charge in [0.1, 0.15) is 6.04 Å². The molecular weight excluding hydrogens is 178 g/mol. The van der Waals surface area contributed by atoms with Crippen molar-refractivity contribution in [1.29, 1.82) is 0 Å². The highest BCUT2D eigenvalue weighted by molar-refractivity contribution is 5.72. The number of likely N-dealkylation sites (N-methyl/N-ethyl adjacent to an activating group) is 1. The van der Waals surface area contributed by atoms with Crippen LogP contribution in [0.4, 0.5) is 0 Å². The Morgan fingerprint density at radius 2 is 2.14 bits per heavy atom. The fourth-order valence-electron chi connectivity index (χ4n) is 2.24. The van der Waals surface area contributed by atoms with Crippen LogP contribution < -0.4 is 0 Å². The van der Waals surface area contributed by atoms with E-state index in [0.717, 1.165) is 12.8 Å². The summed E-state index contributed by atoms with van der Waals surface area (Å²) in [5, 5.41) is 8.90. The van der Waals surface area contributed by atoms with Gasteiger partial charge in [0.25, 0.3) is 0 Å². The molecule has 1 aliphatic carbocycles. The summed E-state index contributed by atoms with van der Waals surface area (Å²) in [6.07, 6.45) is 3.44. The van der Waals surface area contributed by atoms with E-state index in [-0.39, 0.29) is 6.04 Å². The largest absolute Gasteiger partial charge is 0.480 e. The van der Waals surface area contributed by atoms with Gasteiger partial charge in [0.05, 0.1) is 0 Å². The lowest BCUT2D eigenvalue weighted by Crippen LogP contribution is -2.42. The molecule has 2 atom stereocenters. The molecule has 1 N–H and O–H groups in total. The lowest BCUT2D eigenvalue weighted by molar-refractivity contribution is -0.142. The van der Waals surface area contributed by atoms with Crippen molar-refractivity contribution in [2.75, 3.05) is 7.05 Å². The van der Waals surface area contributed by atoms with Crippen LogP contribution in [0.2, 0.25) is 0 Å². The van der Waals surface area contributed by atoms with Gasteiger partial charge in [-0.2, -0.15) is 0 Å². The van der Waals surface area contributed by atoms with Gasteiger partial charge in [0.15, 0.2) is 0 Å². The Labute approximate surface area is 86.1 Å². The van der Waals surface area contributed by atoms with Gasteiger partial charge in [-0.15, -0.1) is 0 Å². The molecule has 1 rings (SSSR count). The summed E-state index contributed by atoms with van der Waals surface area (Å²) in [5.74, 6) is -0.725. The molecule has 1 aliphatic rings. The second-order valence-electron chi connectivity index (χ2n) is 5.24. The molecule has 0 aromatic carbocycles. The molecule has 0 spiro atoms. The van der Waals surface area contributed by atoms with Crippen molar-refractivity contribution in [2.45, 2.75) is 52.1 Å². The molecule has 0 radical (unpaired) electrons. The Bertz CT molecular complexity index is 225. The fraction of sp³-hybridized carbons (Fsp3) is 0.909. The summed E-state index contributed by atoms with van der Waals surface area (Å²) in [5.41, 5.74) is 0.386. The molecule has 14 heavy (non-hydrogen) atoms. The standard InChI is InChI=1S/C11H21NO2/c1-8(10(13)14)12(4)9-5-6-11(2,3)7-9/h8-9H,5-7H2,1-4H3,(H,13,14). The topological polar surface area (TPSA) is 40.5 Å². The van der Waals surface area contributed by atoms with E-state index < -0.39 is 5.97 Å². The number of aliphatic carboxylic acids is 1. The first-order chi connectivity index (χ1) is 6.33. The third-order valence-electron chi connectivity index (χ3n) is 3.49. The van der Waals surface area contributed by atoms with Crippen molar-refractivity contribution in [3.8, 4) is 0 Å². The van der Waals surface area contributed by atoms with Crippen molar-refractivity contribution >= 4 is 5.97 Å². The zero-order valence-corrected chi connectivity index (χ0v) is 9.58. The first-order valence-corrected chi connectivity index (χ1v) is 5.28. The third kappa shape index (κ3) is 2.47. The van der Waals surface area contributed by atoms with E-state index >= 15 is 0 Å². The molecule has 3 heteroatoms. The number of carbonyl (C=O) groups is 1. The molecule has 0 heterocycles. The Hall–Kier alpha value is -0.570. The minimum absolute atomic E-state index is 0.367. The second-order valence-corrected chi connectivity index (χ2v) is 5.24. The molecular formula is C11H21NO2. The summed E-state index contributed by atoms with van der Waals surface area (Å²) in [6.45, 7) is 6.27. The van der Waals surface area contributed by atoms with Crippen LogP contribution in [0.3, 0.4) is 0 Å². The maximum atomic E-state index is 10.8. The number of carboxylic acids is 1. The van der Waals surface area contributed by atoms with Gasteiger partial charge in [-0.05, 0) is 38.6 Å². The van der Waals surface area contributed by atoms with Crippen LogP contribution in [0, 0.1) is 5.41 Å². The SMILES string of the molecule is CC(C(=O)O)N(C)C1CCC(C)(C)C1. The summed E-state index contributed by atoms with van der Waals surface area (Å²) in [6, 6.07) is 0.0741. The molecule has 0 aromatic rings. The molecule has 82 valence electrons. The second kappa shape index (κ2) is 3.89. The minimum atomic E-state index is -0.725. The molecule has 2 unspecified atom stereocenters. The monoisotopic (exact) mass is 199 g/mol. The highest BCUT2D eigenvalue weighted by Gasteiger charge is 2.35. The van der Waals surface area contributed by atoms with Crippen molar-refractivity contribution in [2.24, 2.45) is 5.41 Å². The van der Waals surface area contributed by atoms with Crippen LogP contribution in [0.25, 0.3) is 0 Å². The maximum Gasteiger partial charge on any atom is 0.320 e. The van der Waals surface area contributed by atoms with Gasteiger partial charge in [-0.25, -0.2) is 0 Å². The van der Waals surface area contributed by atoms with Crippen molar-refractivity contribution in [3.05, 3.63) is 0 Å². The molecule has 0 aliphatic heterocycles. The molecule has 1 fully saturated rings. The molecule has 1 saturated carbocycles. The summed E-state index contributed by atoms with van der Waals surface area (Å²) >= 11 is 0. The van der Waals surface area contributed by atoms with Crippen LogP contribution in [-0.4, -0.2) is 35.1 Å². The number of hydrogen-bond donors (Lipinski definition) is 1. The fourth-order valence-corrected chi connectivity index (χ4v) is 2.24. The first kappa shape index (κ1) is 11.5. The average molecular weight is 199 g/mol. The van der Waals surface area contributed by atoms with Crippen LogP contribution in [0.15, 0.2) is 0 Å². The van der Waals surface area contributed by atoms with Crippen molar-refractivity contribution in [3.63, 3.8) is 0 Å². The Balaban J connectivity index is 2.55.